The number of hydrogen-bond donors (Lipinski definition) is 2. The van der Waals surface area contributed by atoms with E-state index in [-0.39, 0.29) is 19.5 Å². The van der Waals surface area contributed by atoms with Crippen LogP contribution in [0.1, 0.15) is 20.3 Å². The van der Waals surface area contributed by atoms with Gasteiger partial charge in [-0.3, -0.25) is 0 Å². The van der Waals surface area contributed by atoms with Crippen LogP contribution in [0.4, 0.5) is 0 Å². The van der Waals surface area contributed by atoms with Crippen LogP contribution in [0.25, 0.3) is 0 Å². The minimum atomic E-state index is -0.619. The van der Waals surface area contributed by atoms with E-state index in [1.54, 1.807) is 0 Å². The minimum Gasteiger partial charge on any atom is -0.396 e. The van der Waals surface area contributed by atoms with Crippen LogP contribution in [-0.2, 0) is 9.47 Å². The fourth-order valence-corrected chi connectivity index (χ4v) is 1.86. The molecule has 1 saturated heterocycles. The molecule has 0 spiro atoms. The summed E-state index contributed by atoms with van der Waals surface area (Å²) in [6.07, 6.45) is 0.621. The van der Waals surface area contributed by atoms with Crippen LogP contribution in [0.5, 0.6) is 0 Å². The van der Waals surface area contributed by atoms with Gasteiger partial charge in [0.25, 0.3) is 0 Å². The lowest BCUT2D eigenvalue weighted by Gasteiger charge is -2.37. The smallest absolute Gasteiger partial charge is 0.158 e. The van der Waals surface area contributed by atoms with E-state index in [2.05, 4.69) is 18.7 Å². The van der Waals surface area contributed by atoms with E-state index in [9.17, 15) is 10.2 Å². The summed E-state index contributed by atoms with van der Waals surface area (Å²) in [6, 6.07) is 0. The maximum atomic E-state index is 9.19. The van der Waals surface area contributed by atoms with Crippen molar-refractivity contribution in [1.82, 2.24) is 4.90 Å². The Morgan fingerprint density at radius 2 is 1.65 bits per heavy atom. The molecular weight excluding hydrogens is 222 g/mol. The SMILES string of the molecule is CCN(CC)CCC1OCC(CO)(CO)CO1. The van der Waals surface area contributed by atoms with Crippen molar-refractivity contribution in [2.45, 2.75) is 26.6 Å². The van der Waals surface area contributed by atoms with Crippen LogP contribution in [0, 0.1) is 5.41 Å². The first-order valence-electron chi connectivity index (χ1n) is 6.37. The molecule has 0 saturated carbocycles. The number of nitrogens with zero attached hydrogens (tertiary/aromatic N) is 1. The summed E-state index contributed by atoms with van der Waals surface area (Å²) < 4.78 is 11.1. The second-order valence-corrected chi connectivity index (χ2v) is 4.68. The van der Waals surface area contributed by atoms with Gasteiger partial charge in [-0.25, -0.2) is 0 Å². The molecule has 1 rings (SSSR count). The Kier molecular flexibility index (Phi) is 6.37. The Morgan fingerprint density at radius 3 is 2.06 bits per heavy atom. The van der Waals surface area contributed by atoms with Gasteiger partial charge in [-0.2, -0.15) is 0 Å². The molecule has 0 amide bonds. The highest BCUT2D eigenvalue weighted by Gasteiger charge is 2.36. The van der Waals surface area contributed by atoms with Crippen LogP contribution in [-0.4, -0.2) is 67.5 Å². The molecule has 0 aromatic rings. The number of aliphatic hydroxyl groups is 2. The quantitative estimate of drug-likeness (QED) is 0.666. The number of hydrogen-bond acceptors (Lipinski definition) is 5. The number of aliphatic hydroxyl groups excluding tert-OH is 2. The summed E-state index contributed by atoms with van der Waals surface area (Å²) in [4.78, 5) is 2.31. The molecule has 1 aliphatic rings. The van der Waals surface area contributed by atoms with E-state index < -0.39 is 5.41 Å². The van der Waals surface area contributed by atoms with E-state index in [0.717, 1.165) is 26.1 Å². The van der Waals surface area contributed by atoms with Crippen molar-refractivity contribution in [3.63, 3.8) is 0 Å². The van der Waals surface area contributed by atoms with Crippen LogP contribution in [0.3, 0.4) is 0 Å². The lowest BCUT2D eigenvalue weighted by atomic mass is 9.92. The van der Waals surface area contributed by atoms with Crippen LogP contribution < -0.4 is 0 Å². The van der Waals surface area contributed by atoms with Crippen molar-refractivity contribution < 1.29 is 19.7 Å². The van der Waals surface area contributed by atoms with Crippen molar-refractivity contribution in [2.75, 3.05) is 46.1 Å². The summed E-state index contributed by atoms with van der Waals surface area (Å²) >= 11 is 0. The molecule has 5 nitrogen and oxygen atoms in total. The van der Waals surface area contributed by atoms with Gasteiger partial charge in [-0.15, -0.1) is 0 Å². The van der Waals surface area contributed by atoms with Gasteiger partial charge in [0, 0.05) is 13.0 Å². The lowest BCUT2D eigenvalue weighted by Crippen LogP contribution is -2.47. The Labute approximate surface area is 103 Å². The van der Waals surface area contributed by atoms with Gasteiger partial charge in [-0.05, 0) is 13.1 Å². The average Bonchev–Trinajstić information content (AvgIpc) is 2.41. The highest BCUT2D eigenvalue weighted by Crippen LogP contribution is 2.24. The molecule has 0 aromatic carbocycles. The van der Waals surface area contributed by atoms with Crippen molar-refractivity contribution in [2.24, 2.45) is 5.41 Å². The second kappa shape index (κ2) is 7.28. The summed E-state index contributed by atoms with van der Waals surface area (Å²) in [5, 5.41) is 18.4. The third kappa shape index (κ3) is 4.19. The molecule has 17 heavy (non-hydrogen) atoms. The molecule has 5 heteroatoms. The Morgan fingerprint density at radius 1 is 1.12 bits per heavy atom. The molecule has 0 aliphatic carbocycles. The normalized spacial score (nSPS) is 21.0. The predicted octanol–water partition coefficient (Wildman–Crippen LogP) is 0.0622. The minimum absolute atomic E-state index is 0.105. The first kappa shape index (κ1) is 14.9. The molecule has 0 atom stereocenters. The second-order valence-electron chi connectivity index (χ2n) is 4.68. The molecule has 2 N–H and O–H groups in total. The molecule has 0 radical (unpaired) electrons. The van der Waals surface area contributed by atoms with Crippen LogP contribution in [0.15, 0.2) is 0 Å². The Bertz CT molecular complexity index is 192. The Balaban J connectivity index is 2.27. The van der Waals surface area contributed by atoms with Gasteiger partial charge in [0.2, 0.25) is 0 Å². The fraction of sp³-hybridized carbons (Fsp3) is 1.00. The van der Waals surface area contributed by atoms with Crippen molar-refractivity contribution >= 4 is 0 Å². The lowest BCUT2D eigenvalue weighted by molar-refractivity contribution is -0.246. The topological polar surface area (TPSA) is 62.2 Å². The molecule has 1 aliphatic heterocycles. The predicted molar refractivity (Wildman–Crippen MR) is 64.7 cm³/mol. The zero-order valence-electron chi connectivity index (χ0n) is 10.9. The zero-order chi connectivity index (χ0) is 12.7. The first-order chi connectivity index (χ1) is 8.19. The van der Waals surface area contributed by atoms with Gasteiger partial charge in [-0.1, -0.05) is 13.8 Å². The highest BCUT2D eigenvalue weighted by molar-refractivity contribution is 4.80. The maximum absolute atomic E-state index is 9.19. The number of ether oxygens (including phenoxy) is 2. The van der Waals surface area contributed by atoms with E-state index >= 15 is 0 Å². The third-order valence-corrected chi connectivity index (χ3v) is 3.40. The highest BCUT2D eigenvalue weighted by atomic mass is 16.7. The molecule has 1 fully saturated rings. The van der Waals surface area contributed by atoms with Gasteiger partial charge in [0.15, 0.2) is 6.29 Å². The first-order valence-corrected chi connectivity index (χ1v) is 6.37. The Hall–Kier alpha value is -0.200. The monoisotopic (exact) mass is 247 g/mol. The van der Waals surface area contributed by atoms with E-state index in [0.29, 0.717) is 13.2 Å². The van der Waals surface area contributed by atoms with Crippen molar-refractivity contribution in [3.05, 3.63) is 0 Å². The van der Waals surface area contributed by atoms with Crippen molar-refractivity contribution in [3.8, 4) is 0 Å². The van der Waals surface area contributed by atoms with Gasteiger partial charge >= 0.3 is 0 Å². The van der Waals surface area contributed by atoms with Crippen LogP contribution in [0.2, 0.25) is 0 Å². The summed E-state index contributed by atoms with van der Waals surface area (Å²) in [5.74, 6) is 0. The molecule has 1 heterocycles. The largest absolute Gasteiger partial charge is 0.396 e. The fourth-order valence-electron chi connectivity index (χ4n) is 1.86. The third-order valence-electron chi connectivity index (χ3n) is 3.40. The average molecular weight is 247 g/mol. The molecule has 0 unspecified atom stereocenters. The van der Waals surface area contributed by atoms with Crippen LogP contribution >= 0.6 is 0 Å². The maximum Gasteiger partial charge on any atom is 0.158 e. The van der Waals surface area contributed by atoms with E-state index in [4.69, 9.17) is 9.47 Å². The van der Waals surface area contributed by atoms with Crippen molar-refractivity contribution in [1.29, 1.82) is 0 Å². The summed E-state index contributed by atoms with van der Waals surface area (Å²) in [7, 11) is 0. The van der Waals surface area contributed by atoms with Gasteiger partial charge in [0.05, 0.1) is 31.8 Å². The molecule has 0 bridgehead atoms. The summed E-state index contributed by atoms with van der Waals surface area (Å²) in [6.45, 7) is 7.79. The van der Waals surface area contributed by atoms with Gasteiger partial charge < -0.3 is 24.6 Å². The molecule has 0 aromatic heterocycles. The zero-order valence-corrected chi connectivity index (χ0v) is 10.9. The van der Waals surface area contributed by atoms with E-state index in [1.165, 1.54) is 0 Å². The molecular formula is C12H25NO4. The van der Waals surface area contributed by atoms with E-state index in [1.807, 2.05) is 0 Å². The van der Waals surface area contributed by atoms with Gasteiger partial charge in [0.1, 0.15) is 0 Å². The standard InChI is InChI=1S/C12H25NO4/c1-3-13(4-2)6-5-11-16-9-12(7-14,8-15)10-17-11/h11,14-15H,3-10H2,1-2H3. The number of rotatable bonds is 7. The summed E-state index contributed by atoms with van der Waals surface area (Å²) in [5.41, 5.74) is -0.619. The molecule has 102 valence electrons.